The SMILES string of the molecule is c1cn(CCCC2CC2)c(NC2CCCCC2)n1. The van der Waals surface area contributed by atoms with Crippen LogP contribution < -0.4 is 5.32 Å². The van der Waals surface area contributed by atoms with Gasteiger partial charge in [0.1, 0.15) is 0 Å². The van der Waals surface area contributed by atoms with E-state index >= 15 is 0 Å². The number of aryl methyl sites for hydroxylation is 1. The molecule has 3 nitrogen and oxygen atoms in total. The first-order valence-corrected chi connectivity index (χ1v) is 7.69. The van der Waals surface area contributed by atoms with Crippen molar-refractivity contribution in [3.63, 3.8) is 0 Å². The lowest BCUT2D eigenvalue weighted by molar-refractivity contribution is 0.458. The average molecular weight is 247 g/mol. The van der Waals surface area contributed by atoms with E-state index in [2.05, 4.69) is 21.1 Å². The summed E-state index contributed by atoms with van der Waals surface area (Å²) in [6.45, 7) is 1.13. The smallest absolute Gasteiger partial charge is 0.202 e. The second kappa shape index (κ2) is 5.77. The predicted octanol–water partition coefficient (Wildman–Crippen LogP) is 3.82. The molecule has 3 rings (SSSR count). The maximum absolute atomic E-state index is 4.48. The number of hydrogen-bond acceptors (Lipinski definition) is 2. The van der Waals surface area contributed by atoms with Crippen LogP contribution in [0.4, 0.5) is 5.95 Å². The van der Waals surface area contributed by atoms with Crippen molar-refractivity contribution in [1.29, 1.82) is 0 Å². The van der Waals surface area contributed by atoms with Crippen LogP contribution in [0, 0.1) is 5.92 Å². The lowest BCUT2D eigenvalue weighted by Crippen LogP contribution is -2.24. The van der Waals surface area contributed by atoms with Gasteiger partial charge < -0.3 is 9.88 Å². The summed E-state index contributed by atoms with van der Waals surface area (Å²) in [5.74, 6) is 2.14. The molecule has 2 aliphatic carbocycles. The summed E-state index contributed by atoms with van der Waals surface area (Å²) in [4.78, 5) is 4.48. The molecule has 100 valence electrons. The van der Waals surface area contributed by atoms with Gasteiger partial charge in [0.05, 0.1) is 0 Å². The van der Waals surface area contributed by atoms with E-state index < -0.39 is 0 Å². The summed E-state index contributed by atoms with van der Waals surface area (Å²) in [6.07, 6.45) is 16.5. The second-order valence-electron chi connectivity index (χ2n) is 6.01. The molecule has 0 spiro atoms. The van der Waals surface area contributed by atoms with Crippen LogP contribution in [0.5, 0.6) is 0 Å². The molecule has 2 saturated carbocycles. The Bertz CT molecular complexity index is 362. The molecule has 0 bridgehead atoms. The Kier molecular flexibility index (Phi) is 3.87. The van der Waals surface area contributed by atoms with E-state index in [4.69, 9.17) is 0 Å². The molecule has 2 fully saturated rings. The minimum absolute atomic E-state index is 0.656. The third kappa shape index (κ3) is 3.27. The molecule has 1 N–H and O–H groups in total. The molecule has 0 amide bonds. The molecular weight excluding hydrogens is 222 g/mol. The van der Waals surface area contributed by atoms with Crippen molar-refractivity contribution in [3.8, 4) is 0 Å². The van der Waals surface area contributed by atoms with E-state index in [1.165, 1.54) is 57.8 Å². The van der Waals surface area contributed by atoms with E-state index in [9.17, 15) is 0 Å². The van der Waals surface area contributed by atoms with Crippen molar-refractivity contribution in [2.45, 2.75) is 70.4 Å². The summed E-state index contributed by atoms with van der Waals surface area (Å²) in [6, 6.07) is 0.656. The zero-order valence-electron chi connectivity index (χ0n) is 11.3. The first-order chi connectivity index (χ1) is 8.92. The minimum atomic E-state index is 0.656. The van der Waals surface area contributed by atoms with E-state index in [1.807, 2.05) is 6.20 Å². The highest BCUT2D eigenvalue weighted by molar-refractivity contribution is 5.27. The molecule has 1 aromatic rings. The fraction of sp³-hybridized carbons (Fsp3) is 0.800. The minimum Gasteiger partial charge on any atom is -0.353 e. The fourth-order valence-corrected chi connectivity index (χ4v) is 3.02. The Morgan fingerprint density at radius 2 is 2.00 bits per heavy atom. The van der Waals surface area contributed by atoms with Gasteiger partial charge in [0, 0.05) is 25.0 Å². The van der Waals surface area contributed by atoms with Gasteiger partial charge in [-0.25, -0.2) is 4.98 Å². The van der Waals surface area contributed by atoms with E-state index in [0.29, 0.717) is 6.04 Å². The summed E-state index contributed by atoms with van der Waals surface area (Å²) in [5, 5.41) is 3.64. The van der Waals surface area contributed by atoms with Crippen LogP contribution in [-0.4, -0.2) is 15.6 Å². The molecule has 1 heterocycles. The number of nitrogens with zero attached hydrogens (tertiary/aromatic N) is 2. The van der Waals surface area contributed by atoms with Gasteiger partial charge in [0.25, 0.3) is 0 Å². The topological polar surface area (TPSA) is 29.9 Å². The summed E-state index contributed by atoms with van der Waals surface area (Å²) in [7, 11) is 0. The molecule has 0 aromatic carbocycles. The van der Waals surface area contributed by atoms with Crippen LogP contribution in [-0.2, 0) is 6.54 Å². The van der Waals surface area contributed by atoms with Gasteiger partial charge in [-0.2, -0.15) is 0 Å². The number of hydrogen-bond donors (Lipinski definition) is 1. The highest BCUT2D eigenvalue weighted by atomic mass is 15.2. The molecule has 0 atom stereocenters. The maximum Gasteiger partial charge on any atom is 0.202 e. The molecule has 0 unspecified atom stereocenters. The van der Waals surface area contributed by atoms with Gasteiger partial charge in [-0.3, -0.25) is 0 Å². The van der Waals surface area contributed by atoms with Crippen molar-refractivity contribution < 1.29 is 0 Å². The first kappa shape index (κ1) is 12.1. The van der Waals surface area contributed by atoms with Crippen LogP contribution in [0.15, 0.2) is 12.4 Å². The predicted molar refractivity (Wildman–Crippen MR) is 74.7 cm³/mol. The summed E-state index contributed by atoms with van der Waals surface area (Å²) >= 11 is 0. The number of rotatable bonds is 6. The largest absolute Gasteiger partial charge is 0.353 e. The van der Waals surface area contributed by atoms with E-state index in [1.54, 1.807) is 0 Å². The molecule has 18 heavy (non-hydrogen) atoms. The second-order valence-corrected chi connectivity index (χ2v) is 6.01. The van der Waals surface area contributed by atoms with Crippen molar-refractivity contribution in [1.82, 2.24) is 9.55 Å². The monoisotopic (exact) mass is 247 g/mol. The number of aromatic nitrogens is 2. The molecule has 0 saturated heterocycles. The van der Waals surface area contributed by atoms with Gasteiger partial charge in [-0.15, -0.1) is 0 Å². The van der Waals surface area contributed by atoms with Gasteiger partial charge in [-0.1, -0.05) is 32.1 Å². The molecule has 0 radical (unpaired) electrons. The molecule has 1 aromatic heterocycles. The molecular formula is C15H25N3. The highest BCUT2D eigenvalue weighted by Gasteiger charge is 2.20. The summed E-state index contributed by atoms with van der Waals surface area (Å²) in [5.41, 5.74) is 0. The number of imidazole rings is 1. The lowest BCUT2D eigenvalue weighted by Gasteiger charge is -2.23. The van der Waals surface area contributed by atoms with Crippen molar-refractivity contribution in [2.24, 2.45) is 5.92 Å². The van der Waals surface area contributed by atoms with Crippen molar-refractivity contribution in [3.05, 3.63) is 12.4 Å². The van der Waals surface area contributed by atoms with E-state index in [-0.39, 0.29) is 0 Å². The molecule has 2 aliphatic rings. The Hall–Kier alpha value is -0.990. The van der Waals surface area contributed by atoms with E-state index in [0.717, 1.165) is 18.4 Å². The number of anilines is 1. The molecule has 3 heteroatoms. The fourth-order valence-electron chi connectivity index (χ4n) is 3.02. The normalized spacial score (nSPS) is 21.1. The van der Waals surface area contributed by atoms with Gasteiger partial charge in [0.15, 0.2) is 0 Å². The Balaban J connectivity index is 1.49. The van der Waals surface area contributed by atoms with Crippen LogP contribution in [0.2, 0.25) is 0 Å². The van der Waals surface area contributed by atoms with Crippen LogP contribution in [0.25, 0.3) is 0 Å². The van der Waals surface area contributed by atoms with Crippen molar-refractivity contribution >= 4 is 5.95 Å². The quantitative estimate of drug-likeness (QED) is 0.828. The first-order valence-electron chi connectivity index (χ1n) is 7.69. The number of nitrogens with one attached hydrogen (secondary N) is 1. The highest BCUT2D eigenvalue weighted by Crippen LogP contribution is 2.33. The Labute approximate surface area is 110 Å². The zero-order valence-corrected chi connectivity index (χ0v) is 11.3. The lowest BCUT2D eigenvalue weighted by atomic mass is 9.96. The van der Waals surface area contributed by atoms with Gasteiger partial charge in [0.2, 0.25) is 5.95 Å². The van der Waals surface area contributed by atoms with Gasteiger partial charge >= 0.3 is 0 Å². The zero-order chi connectivity index (χ0) is 12.2. The Morgan fingerprint density at radius 1 is 1.17 bits per heavy atom. The molecule has 0 aliphatic heterocycles. The Morgan fingerprint density at radius 3 is 2.78 bits per heavy atom. The van der Waals surface area contributed by atoms with Crippen LogP contribution >= 0.6 is 0 Å². The van der Waals surface area contributed by atoms with Gasteiger partial charge in [-0.05, 0) is 31.6 Å². The van der Waals surface area contributed by atoms with Crippen molar-refractivity contribution in [2.75, 3.05) is 5.32 Å². The average Bonchev–Trinajstić information content (AvgIpc) is 3.12. The van der Waals surface area contributed by atoms with Crippen LogP contribution in [0.1, 0.15) is 57.8 Å². The third-order valence-electron chi connectivity index (χ3n) is 4.36. The summed E-state index contributed by atoms with van der Waals surface area (Å²) < 4.78 is 2.30. The maximum atomic E-state index is 4.48. The third-order valence-corrected chi connectivity index (χ3v) is 4.36. The standard InChI is InChI=1S/C15H25N3/c1-2-6-14(7-3-1)17-15-16-10-12-18(15)11-4-5-13-8-9-13/h10,12-14H,1-9,11H2,(H,16,17). The van der Waals surface area contributed by atoms with Crippen LogP contribution in [0.3, 0.4) is 0 Å².